The van der Waals surface area contributed by atoms with Crippen LogP contribution in [0.3, 0.4) is 0 Å². The van der Waals surface area contributed by atoms with E-state index in [1.807, 2.05) is 49.4 Å². The van der Waals surface area contributed by atoms with E-state index in [1.54, 1.807) is 0 Å². The van der Waals surface area contributed by atoms with Crippen LogP contribution in [-0.4, -0.2) is 43.5 Å². The molecule has 1 aliphatic rings. The summed E-state index contributed by atoms with van der Waals surface area (Å²) in [5.74, 6) is 0.727. The van der Waals surface area contributed by atoms with Gasteiger partial charge in [-0.05, 0) is 43.5 Å². The summed E-state index contributed by atoms with van der Waals surface area (Å²) >= 11 is 0. The average Bonchev–Trinajstić information content (AvgIpc) is 2.71. The molecule has 0 radical (unpaired) electrons. The van der Waals surface area contributed by atoms with Crippen molar-refractivity contribution in [1.82, 2.24) is 5.32 Å². The fourth-order valence-electron chi connectivity index (χ4n) is 3.22. The van der Waals surface area contributed by atoms with E-state index in [4.69, 9.17) is 14.2 Å². The highest BCUT2D eigenvalue weighted by molar-refractivity contribution is 5.75. The highest BCUT2D eigenvalue weighted by Crippen LogP contribution is 2.33. The van der Waals surface area contributed by atoms with Crippen LogP contribution in [0, 0.1) is 6.92 Å². The largest absolute Gasteiger partial charge is 0.485 e. The summed E-state index contributed by atoms with van der Waals surface area (Å²) in [6.07, 6.45) is -0.498. The Hall–Kier alpha value is -2.57. The molecule has 6 nitrogen and oxygen atoms in total. The summed E-state index contributed by atoms with van der Waals surface area (Å²) in [7, 11) is 1.33. The monoisotopic (exact) mass is 385 g/mol. The molecule has 2 aromatic rings. The van der Waals surface area contributed by atoms with Crippen LogP contribution >= 0.6 is 0 Å². The van der Waals surface area contributed by atoms with Crippen LogP contribution in [0.25, 0.3) is 0 Å². The second-order valence-corrected chi connectivity index (χ2v) is 7.17. The number of nitrogens with one attached hydrogen (secondary N) is 1. The second kappa shape index (κ2) is 9.08. The summed E-state index contributed by atoms with van der Waals surface area (Å²) in [5, 5.41) is 13.7. The van der Waals surface area contributed by atoms with Crippen LogP contribution in [-0.2, 0) is 16.0 Å². The van der Waals surface area contributed by atoms with E-state index in [0.717, 1.165) is 23.1 Å². The van der Waals surface area contributed by atoms with Crippen molar-refractivity contribution in [1.29, 1.82) is 0 Å². The van der Waals surface area contributed by atoms with Gasteiger partial charge in [0.1, 0.15) is 6.61 Å². The topological polar surface area (TPSA) is 77.0 Å². The first kappa shape index (κ1) is 20.2. The van der Waals surface area contributed by atoms with Gasteiger partial charge in [0.25, 0.3) is 0 Å². The lowest BCUT2D eigenvalue weighted by molar-refractivity contribution is -0.151. The van der Waals surface area contributed by atoms with Gasteiger partial charge in [0, 0.05) is 12.6 Å². The Morgan fingerprint density at radius 2 is 2.11 bits per heavy atom. The number of carbonyl (C=O) groups is 1. The molecule has 0 saturated carbocycles. The van der Waals surface area contributed by atoms with Gasteiger partial charge in [-0.25, -0.2) is 4.79 Å². The summed E-state index contributed by atoms with van der Waals surface area (Å²) < 4.78 is 16.0. The first-order valence-corrected chi connectivity index (χ1v) is 9.44. The lowest BCUT2D eigenvalue weighted by Crippen LogP contribution is -2.37. The molecule has 6 heteroatoms. The standard InChI is InChI=1S/C22H27NO5/c1-14-5-4-6-17(9-14)18(24)12-23-15(2)10-16-7-8-19-20(11-16)27-13-21(28-19)22(25)26-3/h4-9,11,15,18,21,23-24H,10,12-13H2,1-3H3. The lowest BCUT2D eigenvalue weighted by atomic mass is 10.0. The van der Waals surface area contributed by atoms with Crippen molar-refractivity contribution in [3.63, 3.8) is 0 Å². The van der Waals surface area contributed by atoms with E-state index < -0.39 is 18.2 Å². The van der Waals surface area contributed by atoms with Gasteiger partial charge in [0.05, 0.1) is 13.2 Å². The van der Waals surface area contributed by atoms with E-state index in [-0.39, 0.29) is 12.6 Å². The minimum absolute atomic E-state index is 0.139. The van der Waals surface area contributed by atoms with Gasteiger partial charge in [-0.15, -0.1) is 0 Å². The zero-order valence-electron chi connectivity index (χ0n) is 16.5. The smallest absolute Gasteiger partial charge is 0.350 e. The molecule has 3 rings (SSSR count). The van der Waals surface area contributed by atoms with Crippen molar-refractivity contribution in [2.75, 3.05) is 20.3 Å². The van der Waals surface area contributed by atoms with Crippen molar-refractivity contribution in [2.24, 2.45) is 0 Å². The summed E-state index contributed by atoms with van der Waals surface area (Å²) in [6, 6.07) is 13.8. The number of fused-ring (bicyclic) bond motifs is 1. The fourth-order valence-corrected chi connectivity index (χ4v) is 3.22. The van der Waals surface area contributed by atoms with Gasteiger partial charge >= 0.3 is 5.97 Å². The Morgan fingerprint density at radius 1 is 1.29 bits per heavy atom. The third kappa shape index (κ3) is 5.03. The van der Waals surface area contributed by atoms with Gasteiger partial charge in [0.15, 0.2) is 11.5 Å². The molecular weight excluding hydrogens is 358 g/mol. The highest BCUT2D eigenvalue weighted by atomic mass is 16.6. The van der Waals surface area contributed by atoms with Crippen LogP contribution in [0.5, 0.6) is 11.5 Å². The van der Waals surface area contributed by atoms with E-state index in [1.165, 1.54) is 7.11 Å². The third-order valence-electron chi connectivity index (χ3n) is 4.76. The van der Waals surface area contributed by atoms with Crippen molar-refractivity contribution >= 4 is 5.97 Å². The number of aryl methyl sites for hydroxylation is 1. The maximum absolute atomic E-state index is 11.6. The van der Waals surface area contributed by atoms with Gasteiger partial charge < -0.3 is 24.6 Å². The van der Waals surface area contributed by atoms with Gasteiger partial charge in [-0.1, -0.05) is 35.9 Å². The van der Waals surface area contributed by atoms with Crippen LogP contribution in [0.15, 0.2) is 42.5 Å². The Balaban J connectivity index is 1.53. The molecule has 1 aliphatic heterocycles. The van der Waals surface area contributed by atoms with Crippen molar-refractivity contribution in [3.05, 3.63) is 59.2 Å². The maximum atomic E-state index is 11.6. The number of methoxy groups -OCH3 is 1. The number of hydrogen-bond donors (Lipinski definition) is 2. The first-order valence-electron chi connectivity index (χ1n) is 9.44. The van der Waals surface area contributed by atoms with E-state index >= 15 is 0 Å². The minimum Gasteiger partial charge on any atom is -0.485 e. The third-order valence-corrected chi connectivity index (χ3v) is 4.76. The molecule has 0 fully saturated rings. The Kier molecular flexibility index (Phi) is 6.54. The molecule has 0 aliphatic carbocycles. The van der Waals surface area contributed by atoms with Crippen LogP contribution in [0.2, 0.25) is 0 Å². The molecule has 0 aromatic heterocycles. The predicted octanol–water partition coefficient (Wildman–Crippen LogP) is 2.56. The van der Waals surface area contributed by atoms with Gasteiger partial charge in [-0.2, -0.15) is 0 Å². The number of aliphatic hydroxyl groups excluding tert-OH is 1. The highest BCUT2D eigenvalue weighted by Gasteiger charge is 2.28. The predicted molar refractivity (Wildman–Crippen MR) is 106 cm³/mol. The molecule has 0 saturated heterocycles. The maximum Gasteiger partial charge on any atom is 0.350 e. The van der Waals surface area contributed by atoms with E-state index in [9.17, 15) is 9.90 Å². The van der Waals surface area contributed by atoms with Crippen LogP contribution < -0.4 is 14.8 Å². The molecule has 2 aromatic carbocycles. The summed E-state index contributed by atoms with van der Waals surface area (Å²) in [5.41, 5.74) is 3.14. The molecule has 28 heavy (non-hydrogen) atoms. The molecule has 0 spiro atoms. The molecular formula is C22H27NO5. The van der Waals surface area contributed by atoms with Gasteiger partial charge in [0.2, 0.25) is 6.10 Å². The van der Waals surface area contributed by atoms with Crippen LogP contribution in [0.1, 0.15) is 29.7 Å². The van der Waals surface area contributed by atoms with Gasteiger partial charge in [-0.3, -0.25) is 0 Å². The molecule has 0 bridgehead atoms. The molecule has 3 atom stereocenters. The SMILES string of the molecule is COC(=O)C1COc2cc(CC(C)NCC(O)c3cccc(C)c3)ccc2O1. The first-order chi connectivity index (χ1) is 13.5. The fraction of sp³-hybridized carbons (Fsp3) is 0.409. The summed E-state index contributed by atoms with van der Waals surface area (Å²) in [4.78, 5) is 11.6. The average molecular weight is 385 g/mol. The zero-order chi connectivity index (χ0) is 20.1. The number of ether oxygens (including phenoxy) is 3. The molecule has 3 unspecified atom stereocenters. The van der Waals surface area contributed by atoms with Crippen molar-refractivity contribution < 1.29 is 24.1 Å². The molecule has 1 heterocycles. The quantitative estimate of drug-likeness (QED) is 0.714. The molecule has 0 amide bonds. The minimum atomic E-state index is -0.730. The Morgan fingerprint density at radius 3 is 2.86 bits per heavy atom. The summed E-state index contributed by atoms with van der Waals surface area (Å²) in [6.45, 7) is 4.71. The number of carbonyl (C=O) groups excluding carboxylic acids is 1. The number of rotatable bonds is 7. The number of hydrogen-bond acceptors (Lipinski definition) is 6. The normalized spacial score (nSPS) is 17.6. The Labute approximate surface area is 165 Å². The number of aliphatic hydroxyl groups is 1. The molecule has 150 valence electrons. The van der Waals surface area contributed by atoms with Crippen molar-refractivity contribution in [3.8, 4) is 11.5 Å². The number of benzene rings is 2. The van der Waals surface area contributed by atoms with Crippen molar-refractivity contribution in [2.45, 2.75) is 38.5 Å². The number of esters is 1. The van der Waals surface area contributed by atoms with E-state index in [2.05, 4.69) is 12.2 Å². The second-order valence-electron chi connectivity index (χ2n) is 7.17. The Bertz CT molecular complexity index is 822. The van der Waals surface area contributed by atoms with Crippen LogP contribution in [0.4, 0.5) is 0 Å². The lowest BCUT2D eigenvalue weighted by Gasteiger charge is -2.25. The van der Waals surface area contributed by atoms with E-state index in [0.29, 0.717) is 18.0 Å². The molecule has 2 N–H and O–H groups in total. The zero-order valence-corrected chi connectivity index (χ0v) is 16.5.